The summed E-state index contributed by atoms with van der Waals surface area (Å²) in [4.78, 5) is 32.2. The first-order chi connectivity index (χ1) is 16.5. The van der Waals surface area contributed by atoms with E-state index in [4.69, 9.17) is 4.74 Å². The van der Waals surface area contributed by atoms with Crippen LogP contribution < -0.4 is 9.80 Å². The lowest BCUT2D eigenvalue weighted by Gasteiger charge is -2.45. The van der Waals surface area contributed by atoms with Crippen molar-refractivity contribution in [3.05, 3.63) is 35.8 Å². The zero-order valence-corrected chi connectivity index (χ0v) is 20.7. The third kappa shape index (κ3) is 3.93. The fourth-order valence-corrected chi connectivity index (χ4v) is 5.18. The van der Waals surface area contributed by atoms with Gasteiger partial charge in [-0.05, 0) is 53.2 Å². The maximum atomic E-state index is 15.0. The number of amides is 1. The van der Waals surface area contributed by atoms with Crippen molar-refractivity contribution >= 4 is 23.5 Å². The molecule has 4 atom stereocenters. The highest BCUT2D eigenvalue weighted by molar-refractivity contribution is 5.77. The number of ether oxygens (including phenoxy) is 1. The number of piperazine rings is 1. The van der Waals surface area contributed by atoms with Crippen LogP contribution >= 0.6 is 0 Å². The minimum absolute atomic E-state index is 0.0549. The van der Waals surface area contributed by atoms with Gasteiger partial charge < -0.3 is 19.4 Å². The van der Waals surface area contributed by atoms with Gasteiger partial charge in [-0.25, -0.2) is 24.1 Å². The van der Waals surface area contributed by atoms with Crippen LogP contribution in [-0.4, -0.2) is 69.4 Å². The lowest BCUT2D eigenvalue weighted by molar-refractivity contribution is 0.0129. The van der Waals surface area contributed by atoms with Gasteiger partial charge in [0.2, 0.25) is 0 Å². The smallest absolute Gasteiger partial charge is 0.410 e. The largest absolute Gasteiger partial charge is 0.444 e. The zero-order chi connectivity index (χ0) is 25.1. The molecule has 2 unspecified atom stereocenters. The number of pyridine rings is 1. The molecule has 2 aromatic heterocycles. The van der Waals surface area contributed by atoms with Crippen molar-refractivity contribution in [1.29, 1.82) is 5.26 Å². The van der Waals surface area contributed by atoms with E-state index in [0.717, 1.165) is 5.56 Å². The van der Waals surface area contributed by atoms with E-state index in [1.165, 1.54) is 6.33 Å². The highest BCUT2D eigenvalue weighted by Crippen LogP contribution is 2.61. The third-order valence-electron chi connectivity index (χ3n) is 7.02. The number of hydrogen-bond acceptors (Lipinski definition) is 8. The van der Waals surface area contributed by atoms with Crippen LogP contribution in [0.3, 0.4) is 0 Å². The number of alkyl halides is 1. The fraction of sp³-hybridized carbons (Fsp3) is 0.560. The Hall–Kier alpha value is -3.48. The number of carbonyl (C=O) groups excluding carboxylic acids is 1. The van der Waals surface area contributed by atoms with Gasteiger partial charge in [0.15, 0.2) is 0 Å². The summed E-state index contributed by atoms with van der Waals surface area (Å²) in [7, 11) is 0. The van der Waals surface area contributed by atoms with Crippen LogP contribution in [0.5, 0.6) is 0 Å². The van der Waals surface area contributed by atoms with Crippen molar-refractivity contribution in [2.24, 2.45) is 0 Å². The third-order valence-corrected chi connectivity index (χ3v) is 7.02. The Balaban J connectivity index is 1.49. The molecule has 1 aliphatic carbocycles. The molecular weight excluding hydrogens is 449 g/mol. The van der Waals surface area contributed by atoms with Crippen molar-refractivity contribution in [2.75, 3.05) is 29.4 Å². The maximum absolute atomic E-state index is 15.0. The Labute approximate surface area is 204 Å². The molecule has 1 saturated heterocycles. The molecule has 10 heteroatoms. The van der Waals surface area contributed by atoms with Crippen molar-refractivity contribution in [1.82, 2.24) is 19.9 Å². The first-order valence-electron chi connectivity index (χ1n) is 11.9. The van der Waals surface area contributed by atoms with Crippen LogP contribution in [0.2, 0.25) is 0 Å². The summed E-state index contributed by atoms with van der Waals surface area (Å²) in [5.41, 5.74) is 0.0163. The minimum atomic E-state index is -0.995. The van der Waals surface area contributed by atoms with Gasteiger partial charge >= 0.3 is 6.09 Å². The molecule has 0 aromatic carbocycles. The summed E-state index contributed by atoms with van der Waals surface area (Å²) < 4.78 is 20.6. The van der Waals surface area contributed by atoms with Crippen LogP contribution in [0.1, 0.15) is 52.2 Å². The van der Waals surface area contributed by atoms with E-state index in [1.807, 2.05) is 39.5 Å². The van der Waals surface area contributed by atoms with Gasteiger partial charge in [0, 0.05) is 43.5 Å². The number of nitrogens with zero attached hydrogens (tertiary/aromatic N) is 7. The minimum Gasteiger partial charge on any atom is -0.444 e. The first kappa shape index (κ1) is 23.3. The Bertz CT molecular complexity index is 1210. The summed E-state index contributed by atoms with van der Waals surface area (Å²) in [6, 6.07) is 5.31. The molecule has 1 saturated carbocycles. The lowest BCUT2D eigenvalue weighted by Crippen LogP contribution is -2.59. The number of nitriles is 1. The number of rotatable bonds is 2. The number of anilines is 3. The second-order valence-electron chi connectivity index (χ2n) is 10.8. The molecule has 0 radical (unpaired) electrons. The summed E-state index contributed by atoms with van der Waals surface area (Å²) in [6.07, 6.45) is 2.16. The highest BCUT2D eigenvalue weighted by atomic mass is 19.1. The fourth-order valence-electron chi connectivity index (χ4n) is 5.18. The predicted molar refractivity (Wildman–Crippen MR) is 128 cm³/mol. The molecular formula is C25H30FN7O2. The summed E-state index contributed by atoms with van der Waals surface area (Å²) >= 11 is 0. The number of hydrogen-bond donors (Lipinski definition) is 0. The van der Waals surface area contributed by atoms with E-state index in [0.29, 0.717) is 49.1 Å². The highest BCUT2D eigenvalue weighted by Gasteiger charge is 2.64. The summed E-state index contributed by atoms with van der Waals surface area (Å²) in [5.74, 6) is 1.91. The topological polar surface area (TPSA) is 98.5 Å². The Morgan fingerprint density at radius 1 is 1.20 bits per heavy atom. The molecule has 9 nitrogen and oxygen atoms in total. The molecule has 2 aromatic rings. The second-order valence-corrected chi connectivity index (χ2v) is 10.8. The van der Waals surface area contributed by atoms with Crippen LogP contribution in [0, 0.1) is 11.3 Å². The molecule has 1 amide bonds. The molecule has 184 valence electrons. The van der Waals surface area contributed by atoms with E-state index in [-0.39, 0.29) is 18.2 Å². The molecule has 4 heterocycles. The van der Waals surface area contributed by atoms with E-state index in [1.54, 1.807) is 23.2 Å². The summed E-state index contributed by atoms with van der Waals surface area (Å²) in [5, 5.41) is 9.32. The molecule has 3 aliphatic rings. The molecule has 0 bridgehead atoms. The van der Waals surface area contributed by atoms with Gasteiger partial charge in [0.05, 0.1) is 17.0 Å². The quantitative estimate of drug-likeness (QED) is 0.643. The predicted octanol–water partition coefficient (Wildman–Crippen LogP) is 3.71. The molecule has 5 rings (SSSR count). The average molecular weight is 480 g/mol. The lowest BCUT2D eigenvalue weighted by atomic mass is 9.98. The van der Waals surface area contributed by atoms with Gasteiger partial charge in [-0.15, -0.1) is 0 Å². The number of aromatic nitrogens is 3. The molecule has 35 heavy (non-hydrogen) atoms. The van der Waals surface area contributed by atoms with Crippen LogP contribution in [0.25, 0.3) is 0 Å². The maximum Gasteiger partial charge on any atom is 0.410 e. The van der Waals surface area contributed by atoms with Gasteiger partial charge in [0.1, 0.15) is 35.6 Å². The monoisotopic (exact) mass is 479 g/mol. The van der Waals surface area contributed by atoms with Gasteiger partial charge in [-0.1, -0.05) is 0 Å². The zero-order valence-electron chi connectivity index (χ0n) is 20.7. The number of halogens is 1. The molecule has 0 N–H and O–H groups in total. The van der Waals surface area contributed by atoms with E-state index < -0.39 is 17.2 Å². The van der Waals surface area contributed by atoms with Crippen molar-refractivity contribution < 1.29 is 13.9 Å². The molecule has 2 fully saturated rings. The SMILES string of the molecule is C[C@@H]1CN(c2ncnc3c2C2(CC2F)CN3c2cc(C#N)ccn2)[C@@H](C)CN1C(=O)OC(C)(C)C. The summed E-state index contributed by atoms with van der Waals surface area (Å²) in [6.45, 7) is 11.0. The van der Waals surface area contributed by atoms with E-state index >= 15 is 0 Å². The normalized spacial score (nSPS) is 27.6. The van der Waals surface area contributed by atoms with Crippen molar-refractivity contribution in [3.63, 3.8) is 0 Å². The van der Waals surface area contributed by atoms with Gasteiger partial charge in [-0.3, -0.25) is 0 Å². The van der Waals surface area contributed by atoms with Crippen LogP contribution in [-0.2, 0) is 10.2 Å². The van der Waals surface area contributed by atoms with Gasteiger partial charge in [0.25, 0.3) is 0 Å². The number of fused-ring (bicyclic) bond motifs is 2. The number of carbonyl (C=O) groups is 1. The van der Waals surface area contributed by atoms with Crippen molar-refractivity contribution in [2.45, 2.75) is 70.3 Å². The molecule has 1 spiro atoms. The van der Waals surface area contributed by atoms with Crippen LogP contribution in [0.4, 0.5) is 26.6 Å². The Morgan fingerprint density at radius 3 is 2.57 bits per heavy atom. The van der Waals surface area contributed by atoms with Crippen molar-refractivity contribution in [3.8, 4) is 6.07 Å². The second kappa shape index (κ2) is 8.04. The first-order valence-corrected chi connectivity index (χ1v) is 11.9. The van der Waals surface area contributed by atoms with E-state index in [9.17, 15) is 14.4 Å². The average Bonchev–Trinajstić information content (AvgIpc) is 3.33. The van der Waals surface area contributed by atoms with Crippen LogP contribution in [0.15, 0.2) is 24.7 Å². The van der Waals surface area contributed by atoms with E-state index in [2.05, 4.69) is 25.9 Å². The Kier molecular flexibility index (Phi) is 5.34. The Morgan fingerprint density at radius 2 is 1.91 bits per heavy atom. The molecule has 2 aliphatic heterocycles. The van der Waals surface area contributed by atoms with Gasteiger partial charge in [-0.2, -0.15) is 5.26 Å². The standard InChI is InChI=1S/C25H30FN7O2/c1-15-12-32(23(34)35-24(3,4)5)16(2)11-31(15)21-20-22(30-14-29-21)33(13-25(20)9-18(25)26)19-8-17(10-27)6-7-28-19/h6-8,14-16,18H,9,11-13H2,1-5H3/t15-,16+,18?,25?/m0/s1.